The zero-order valence-corrected chi connectivity index (χ0v) is 12.2. The second-order valence-corrected chi connectivity index (χ2v) is 5.59. The second kappa shape index (κ2) is 7.02. The number of nitrogens with one attached hydrogen (secondary N) is 1. The zero-order chi connectivity index (χ0) is 14.5. The van der Waals surface area contributed by atoms with Crippen molar-refractivity contribution in [3.63, 3.8) is 0 Å². The van der Waals surface area contributed by atoms with Gasteiger partial charge in [-0.2, -0.15) is 0 Å². The molecule has 5 nitrogen and oxygen atoms in total. The summed E-state index contributed by atoms with van der Waals surface area (Å²) in [5, 5.41) is 14.9. The SMILES string of the molecule is CC(NCc1cc(Cl)ccc1[N+](=O)[O-])C1CCOCC1. The Morgan fingerprint density at radius 3 is 2.85 bits per heavy atom. The van der Waals surface area contributed by atoms with E-state index in [9.17, 15) is 10.1 Å². The maximum atomic E-state index is 11.0. The van der Waals surface area contributed by atoms with Crippen LogP contribution in [0.25, 0.3) is 0 Å². The van der Waals surface area contributed by atoms with Gasteiger partial charge in [-0.05, 0) is 37.8 Å². The van der Waals surface area contributed by atoms with Crippen LogP contribution in [0.5, 0.6) is 0 Å². The van der Waals surface area contributed by atoms with Crippen LogP contribution in [0.15, 0.2) is 18.2 Å². The molecule has 1 aromatic rings. The third-order valence-electron chi connectivity index (χ3n) is 3.83. The Morgan fingerprint density at radius 1 is 1.50 bits per heavy atom. The zero-order valence-electron chi connectivity index (χ0n) is 11.5. The number of nitrogens with zero attached hydrogens (tertiary/aromatic N) is 1. The number of hydrogen-bond donors (Lipinski definition) is 1. The molecule has 0 aliphatic carbocycles. The highest BCUT2D eigenvalue weighted by Crippen LogP contribution is 2.24. The van der Waals surface area contributed by atoms with Crippen LogP contribution >= 0.6 is 11.6 Å². The third-order valence-corrected chi connectivity index (χ3v) is 4.06. The van der Waals surface area contributed by atoms with Crippen molar-refractivity contribution in [1.82, 2.24) is 5.32 Å². The minimum absolute atomic E-state index is 0.112. The standard InChI is InChI=1S/C14H19ClN2O3/c1-10(11-4-6-20-7-5-11)16-9-12-8-13(15)2-3-14(12)17(18)19/h2-3,8,10-11,16H,4-7,9H2,1H3. The summed E-state index contributed by atoms with van der Waals surface area (Å²) in [6.45, 7) is 4.17. The lowest BCUT2D eigenvalue weighted by molar-refractivity contribution is -0.385. The van der Waals surface area contributed by atoms with E-state index >= 15 is 0 Å². The van der Waals surface area contributed by atoms with Crippen molar-refractivity contribution in [2.45, 2.75) is 32.4 Å². The normalized spacial score (nSPS) is 17.9. The number of nitro groups is 1. The summed E-state index contributed by atoms with van der Waals surface area (Å²) in [4.78, 5) is 10.6. The summed E-state index contributed by atoms with van der Waals surface area (Å²) in [5.41, 5.74) is 0.738. The monoisotopic (exact) mass is 298 g/mol. The maximum Gasteiger partial charge on any atom is 0.273 e. The van der Waals surface area contributed by atoms with Gasteiger partial charge in [-0.3, -0.25) is 10.1 Å². The molecule has 1 aliphatic heterocycles. The molecule has 1 aromatic carbocycles. The quantitative estimate of drug-likeness (QED) is 0.670. The molecule has 0 aromatic heterocycles. The Morgan fingerprint density at radius 2 is 2.20 bits per heavy atom. The fourth-order valence-corrected chi connectivity index (χ4v) is 2.72. The van der Waals surface area contributed by atoms with Crippen LogP contribution in [0.3, 0.4) is 0 Å². The molecule has 1 heterocycles. The fraction of sp³-hybridized carbons (Fsp3) is 0.571. The van der Waals surface area contributed by atoms with Crippen LogP contribution in [-0.2, 0) is 11.3 Å². The number of benzene rings is 1. The van der Waals surface area contributed by atoms with E-state index < -0.39 is 0 Å². The minimum Gasteiger partial charge on any atom is -0.381 e. The molecule has 0 amide bonds. The average Bonchev–Trinajstić information content (AvgIpc) is 2.45. The Labute approximate surface area is 123 Å². The van der Waals surface area contributed by atoms with Crippen molar-refractivity contribution in [2.75, 3.05) is 13.2 Å². The lowest BCUT2D eigenvalue weighted by Crippen LogP contribution is -2.36. The van der Waals surface area contributed by atoms with E-state index in [1.165, 1.54) is 6.07 Å². The highest BCUT2D eigenvalue weighted by Gasteiger charge is 2.21. The third kappa shape index (κ3) is 3.91. The Hall–Kier alpha value is -1.17. The van der Waals surface area contributed by atoms with E-state index in [1.54, 1.807) is 12.1 Å². The van der Waals surface area contributed by atoms with Crippen LogP contribution in [0.2, 0.25) is 5.02 Å². The van der Waals surface area contributed by atoms with Crippen molar-refractivity contribution in [3.8, 4) is 0 Å². The van der Waals surface area contributed by atoms with Gasteiger partial charge in [0.05, 0.1) is 4.92 Å². The first-order valence-corrected chi connectivity index (χ1v) is 7.19. The predicted molar refractivity (Wildman–Crippen MR) is 78.0 cm³/mol. The van der Waals surface area contributed by atoms with E-state index in [2.05, 4.69) is 12.2 Å². The van der Waals surface area contributed by atoms with Crippen LogP contribution < -0.4 is 5.32 Å². The van der Waals surface area contributed by atoms with E-state index in [4.69, 9.17) is 16.3 Å². The molecule has 0 radical (unpaired) electrons. The molecule has 0 spiro atoms. The van der Waals surface area contributed by atoms with Crippen molar-refractivity contribution in [2.24, 2.45) is 5.92 Å². The molecular formula is C14H19ClN2O3. The van der Waals surface area contributed by atoms with Crippen molar-refractivity contribution in [3.05, 3.63) is 38.9 Å². The van der Waals surface area contributed by atoms with E-state index in [0.29, 0.717) is 29.1 Å². The highest BCUT2D eigenvalue weighted by molar-refractivity contribution is 6.30. The Kier molecular flexibility index (Phi) is 5.34. The number of ether oxygens (including phenoxy) is 1. The summed E-state index contributed by atoms with van der Waals surface area (Å²) in [5.74, 6) is 0.557. The molecule has 1 atom stereocenters. The summed E-state index contributed by atoms with van der Waals surface area (Å²) in [7, 11) is 0. The first kappa shape index (κ1) is 15.2. The lowest BCUT2D eigenvalue weighted by atomic mass is 9.93. The van der Waals surface area contributed by atoms with Crippen LogP contribution in [0, 0.1) is 16.0 Å². The molecule has 1 fully saturated rings. The van der Waals surface area contributed by atoms with E-state index in [1.807, 2.05) is 0 Å². The molecule has 1 aliphatic rings. The molecule has 0 saturated carbocycles. The van der Waals surface area contributed by atoms with Gasteiger partial charge >= 0.3 is 0 Å². The number of halogens is 1. The van der Waals surface area contributed by atoms with E-state index in [0.717, 1.165) is 26.1 Å². The van der Waals surface area contributed by atoms with Crippen molar-refractivity contribution >= 4 is 17.3 Å². The second-order valence-electron chi connectivity index (χ2n) is 5.15. The van der Waals surface area contributed by atoms with Gasteiger partial charge in [0.1, 0.15) is 0 Å². The predicted octanol–water partition coefficient (Wildman–Crippen LogP) is 3.15. The van der Waals surface area contributed by atoms with Gasteiger partial charge in [-0.1, -0.05) is 11.6 Å². The molecule has 110 valence electrons. The Bertz CT molecular complexity index is 475. The highest BCUT2D eigenvalue weighted by atomic mass is 35.5. The molecule has 1 saturated heterocycles. The molecule has 0 bridgehead atoms. The molecule has 1 unspecified atom stereocenters. The van der Waals surface area contributed by atoms with Crippen LogP contribution in [0.4, 0.5) is 5.69 Å². The molecule has 20 heavy (non-hydrogen) atoms. The number of nitro benzene ring substituents is 1. The van der Waals surface area contributed by atoms with Crippen molar-refractivity contribution in [1.29, 1.82) is 0 Å². The number of rotatable bonds is 5. The number of hydrogen-bond acceptors (Lipinski definition) is 4. The first-order valence-electron chi connectivity index (χ1n) is 6.82. The van der Waals surface area contributed by atoms with Crippen LogP contribution in [-0.4, -0.2) is 24.2 Å². The van der Waals surface area contributed by atoms with Gasteiger partial charge in [0.15, 0.2) is 0 Å². The van der Waals surface area contributed by atoms with E-state index in [-0.39, 0.29) is 10.6 Å². The summed E-state index contributed by atoms with van der Waals surface area (Å²) in [6.07, 6.45) is 2.07. The van der Waals surface area contributed by atoms with Gasteiger partial charge in [0.25, 0.3) is 5.69 Å². The summed E-state index contributed by atoms with van der Waals surface area (Å²) in [6, 6.07) is 4.96. The van der Waals surface area contributed by atoms with Gasteiger partial charge in [-0.15, -0.1) is 0 Å². The van der Waals surface area contributed by atoms with Crippen molar-refractivity contribution < 1.29 is 9.66 Å². The maximum absolute atomic E-state index is 11.0. The van der Waals surface area contributed by atoms with Crippen LogP contribution in [0.1, 0.15) is 25.3 Å². The summed E-state index contributed by atoms with van der Waals surface area (Å²) >= 11 is 5.92. The average molecular weight is 299 g/mol. The fourth-order valence-electron chi connectivity index (χ4n) is 2.53. The Balaban J connectivity index is 1.99. The van der Waals surface area contributed by atoms with Gasteiger partial charge in [0.2, 0.25) is 0 Å². The molecular weight excluding hydrogens is 280 g/mol. The molecule has 1 N–H and O–H groups in total. The van der Waals surface area contributed by atoms with Gasteiger partial charge in [-0.25, -0.2) is 0 Å². The minimum atomic E-state index is -0.369. The van der Waals surface area contributed by atoms with Gasteiger partial charge < -0.3 is 10.1 Å². The topological polar surface area (TPSA) is 64.4 Å². The van der Waals surface area contributed by atoms with Gasteiger partial charge in [0, 0.05) is 42.5 Å². The largest absolute Gasteiger partial charge is 0.381 e. The first-order chi connectivity index (χ1) is 9.58. The molecule has 6 heteroatoms. The smallest absolute Gasteiger partial charge is 0.273 e. The summed E-state index contributed by atoms with van der Waals surface area (Å²) < 4.78 is 5.34. The molecule has 2 rings (SSSR count). The lowest BCUT2D eigenvalue weighted by Gasteiger charge is -2.28.